The Balaban J connectivity index is 2.09. The van der Waals surface area contributed by atoms with Gasteiger partial charge >= 0.3 is 0 Å². The largest absolute Gasteiger partial charge is 0.465 e. The van der Waals surface area contributed by atoms with E-state index in [2.05, 4.69) is 0 Å². The number of aliphatic hydroxyl groups excluding tert-OH is 1. The van der Waals surface area contributed by atoms with Gasteiger partial charge in [0.25, 0.3) is 0 Å². The lowest BCUT2D eigenvalue weighted by Gasteiger charge is -2.17. The minimum Gasteiger partial charge on any atom is -0.465 e. The maximum atomic E-state index is 11.9. The molecule has 0 fully saturated rings. The molecule has 0 aromatic heterocycles. The number of hydrogen-bond donors (Lipinski definition) is 1. The zero-order chi connectivity index (χ0) is 18.8. The van der Waals surface area contributed by atoms with E-state index in [1.807, 2.05) is 43.3 Å². The van der Waals surface area contributed by atoms with Gasteiger partial charge in [0.15, 0.2) is 5.43 Å². The van der Waals surface area contributed by atoms with Gasteiger partial charge in [-0.3, -0.25) is 4.79 Å². The third kappa shape index (κ3) is 3.11. The Labute approximate surface area is 156 Å². The number of fused-ring (bicyclic) bond motifs is 2. The molecule has 4 rings (SSSR count). The molecule has 1 heterocycles. The molecule has 0 atom stereocenters. The second-order valence-corrected chi connectivity index (χ2v) is 6.20. The summed E-state index contributed by atoms with van der Waals surface area (Å²) >= 11 is 0. The van der Waals surface area contributed by atoms with Crippen molar-refractivity contribution < 1.29 is 14.3 Å². The van der Waals surface area contributed by atoms with Crippen molar-refractivity contribution in [3.05, 3.63) is 88.8 Å². The summed E-state index contributed by atoms with van der Waals surface area (Å²) in [6.45, 7) is 1.80. The Kier molecular flexibility index (Phi) is 4.48. The number of hydrogen-bond acceptors (Lipinski definition) is 4. The minimum atomic E-state index is -0.117. The molecule has 4 heteroatoms. The van der Waals surface area contributed by atoms with Gasteiger partial charge in [0.1, 0.15) is 17.1 Å². The maximum absolute atomic E-state index is 11.9. The lowest BCUT2D eigenvalue weighted by Crippen LogP contribution is -2.01. The molecule has 0 saturated heterocycles. The van der Waals surface area contributed by atoms with Crippen LogP contribution in [0.1, 0.15) is 12.5 Å². The van der Waals surface area contributed by atoms with E-state index in [-0.39, 0.29) is 12.0 Å². The molecule has 0 bridgehead atoms. The standard InChI is InChI=1S/C23H18O4/c1-2-11-26-17-8-10-20-22(13-17)27-21-12-16(25)7-9-19(21)23(20)18-6-4-3-5-15(18)14-24/h2-13,24H,14H2,1H3. The minimum absolute atomic E-state index is 0.0761. The molecule has 134 valence electrons. The molecule has 1 N–H and O–H groups in total. The van der Waals surface area contributed by atoms with Crippen molar-refractivity contribution in [3.63, 3.8) is 0 Å². The van der Waals surface area contributed by atoms with Gasteiger partial charge in [-0.15, -0.1) is 0 Å². The molecule has 0 radical (unpaired) electrons. The van der Waals surface area contributed by atoms with Crippen LogP contribution < -0.4 is 10.2 Å². The Morgan fingerprint density at radius 1 is 1.04 bits per heavy atom. The molecule has 0 saturated carbocycles. The van der Waals surface area contributed by atoms with Crippen molar-refractivity contribution in [1.82, 2.24) is 0 Å². The normalized spacial score (nSPS) is 11.5. The highest BCUT2D eigenvalue weighted by atomic mass is 16.5. The van der Waals surface area contributed by atoms with Gasteiger partial charge in [0, 0.05) is 28.6 Å². The molecule has 27 heavy (non-hydrogen) atoms. The quantitative estimate of drug-likeness (QED) is 0.413. The molecule has 1 aliphatic heterocycles. The van der Waals surface area contributed by atoms with Crippen LogP contribution in [0.25, 0.3) is 33.4 Å². The van der Waals surface area contributed by atoms with Gasteiger partial charge in [-0.1, -0.05) is 30.3 Å². The van der Waals surface area contributed by atoms with Crippen molar-refractivity contribution in [3.8, 4) is 28.2 Å². The van der Waals surface area contributed by atoms with Crippen LogP contribution in [-0.4, -0.2) is 5.11 Å². The van der Waals surface area contributed by atoms with Crippen LogP contribution in [-0.2, 0) is 6.61 Å². The first kappa shape index (κ1) is 17.1. The van der Waals surface area contributed by atoms with Crippen LogP contribution in [0.4, 0.5) is 0 Å². The SMILES string of the molecule is CC=COc1ccc2c(-c3ccccc3CO)c3ccc(=O)cc-3oc2c1. The van der Waals surface area contributed by atoms with Crippen molar-refractivity contribution in [2.45, 2.75) is 13.5 Å². The Hall–Kier alpha value is -3.37. The smallest absolute Gasteiger partial charge is 0.182 e. The molecular formula is C23H18O4. The van der Waals surface area contributed by atoms with E-state index in [4.69, 9.17) is 9.15 Å². The van der Waals surface area contributed by atoms with Gasteiger partial charge < -0.3 is 14.3 Å². The summed E-state index contributed by atoms with van der Waals surface area (Å²) in [5.74, 6) is 1.14. The van der Waals surface area contributed by atoms with E-state index in [0.717, 1.165) is 27.6 Å². The first-order valence-corrected chi connectivity index (χ1v) is 8.69. The highest BCUT2D eigenvalue weighted by molar-refractivity contribution is 6.02. The predicted octanol–water partition coefficient (Wildman–Crippen LogP) is 4.97. The fourth-order valence-electron chi connectivity index (χ4n) is 3.26. The predicted molar refractivity (Wildman–Crippen MR) is 106 cm³/mol. The van der Waals surface area contributed by atoms with Crippen LogP contribution in [0.15, 0.2) is 82.2 Å². The van der Waals surface area contributed by atoms with Crippen LogP contribution in [0.3, 0.4) is 0 Å². The number of aliphatic hydroxyl groups is 1. The first-order chi connectivity index (χ1) is 13.2. The summed E-state index contributed by atoms with van der Waals surface area (Å²) in [5, 5.41) is 10.7. The molecule has 2 aromatic rings. The summed E-state index contributed by atoms with van der Waals surface area (Å²) in [6, 6.07) is 18.1. The molecule has 4 nitrogen and oxygen atoms in total. The average molecular weight is 358 g/mol. The van der Waals surface area contributed by atoms with Gasteiger partial charge in [0.2, 0.25) is 0 Å². The Morgan fingerprint density at radius 3 is 2.70 bits per heavy atom. The van der Waals surface area contributed by atoms with Crippen molar-refractivity contribution in [1.29, 1.82) is 0 Å². The van der Waals surface area contributed by atoms with Crippen LogP contribution in [0, 0.1) is 0 Å². The van der Waals surface area contributed by atoms with Gasteiger partial charge in [-0.2, -0.15) is 0 Å². The first-order valence-electron chi connectivity index (χ1n) is 8.69. The van der Waals surface area contributed by atoms with Crippen molar-refractivity contribution in [2.75, 3.05) is 0 Å². The summed E-state index contributed by atoms with van der Waals surface area (Å²) < 4.78 is 11.6. The van der Waals surface area contributed by atoms with Crippen LogP contribution in [0.2, 0.25) is 0 Å². The lowest BCUT2D eigenvalue weighted by atomic mass is 9.91. The fraction of sp³-hybridized carbons (Fsp3) is 0.0870. The molecule has 2 aromatic carbocycles. The Bertz CT molecular complexity index is 1170. The van der Waals surface area contributed by atoms with Gasteiger partial charge in [-0.05, 0) is 42.3 Å². The second-order valence-electron chi connectivity index (χ2n) is 6.20. The van der Waals surface area contributed by atoms with E-state index in [1.165, 1.54) is 12.1 Å². The van der Waals surface area contributed by atoms with Crippen molar-refractivity contribution >= 4 is 11.0 Å². The Morgan fingerprint density at radius 2 is 1.89 bits per heavy atom. The van der Waals surface area contributed by atoms with E-state index in [9.17, 15) is 9.90 Å². The monoisotopic (exact) mass is 358 g/mol. The van der Waals surface area contributed by atoms with E-state index in [1.54, 1.807) is 24.5 Å². The zero-order valence-corrected chi connectivity index (χ0v) is 14.8. The summed E-state index contributed by atoms with van der Waals surface area (Å²) in [7, 11) is 0. The molecule has 0 unspecified atom stereocenters. The molecule has 2 aliphatic rings. The van der Waals surface area contributed by atoms with Crippen LogP contribution in [0.5, 0.6) is 5.75 Å². The second kappa shape index (κ2) is 7.09. The molecule has 0 spiro atoms. The van der Waals surface area contributed by atoms with Crippen molar-refractivity contribution in [2.24, 2.45) is 0 Å². The number of rotatable bonds is 4. The number of benzene rings is 3. The summed E-state index contributed by atoms with van der Waals surface area (Å²) in [6.07, 6.45) is 3.40. The summed E-state index contributed by atoms with van der Waals surface area (Å²) in [5.41, 5.74) is 3.96. The van der Waals surface area contributed by atoms with Gasteiger partial charge in [-0.25, -0.2) is 0 Å². The topological polar surface area (TPSA) is 59.7 Å². The number of allylic oxidation sites excluding steroid dienone is 1. The van der Waals surface area contributed by atoms with E-state index in [0.29, 0.717) is 17.1 Å². The highest BCUT2D eigenvalue weighted by Gasteiger charge is 2.19. The van der Waals surface area contributed by atoms with E-state index < -0.39 is 0 Å². The average Bonchev–Trinajstić information content (AvgIpc) is 2.70. The van der Waals surface area contributed by atoms with Crippen LogP contribution >= 0.6 is 0 Å². The molecular weight excluding hydrogens is 340 g/mol. The highest BCUT2D eigenvalue weighted by Crippen LogP contribution is 2.41. The third-order valence-corrected chi connectivity index (χ3v) is 4.46. The fourth-order valence-corrected chi connectivity index (χ4v) is 3.26. The maximum Gasteiger partial charge on any atom is 0.182 e. The number of ether oxygens (including phenoxy) is 1. The molecule has 1 aliphatic carbocycles. The summed E-state index contributed by atoms with van der Waals surface area (Å²) in [4.78, 5) is 11.9. The third-order valence-electron chi connectivity index (χ3n) is 4.46. The van der Waals surface area contributed by atoms with Gasteiger partial charge in [0.05, 0.1) is 12.9 Å². The zero-order valence-electron chi connectivity index (χ0n) is 14.8. The lowest BCUT2D eigenvalue weighted by molar-refractivity contribution is 0.282. The molecule has 0 amide bonds. The van der Waals surface area contributed by atoms with E-state index >= 15 is 0 Å².